The van der Waals surface area contributed by atoms with Gasteiger partial charge in [0.25, 0.3) is 5.91 Å². The molecule has 1 aliphatic rings. The fraction of sp³-hybridized carbons (Fsp3) is 0.250. The number of furan rings is 1. The Balaban J connectivity index is 0.00000289. The molecule has 0 saturated heterocycles. The van der Waals surface area contributed by atoms with E-state index in [9.17, 15) is 9.59 Å². The quantitative estimate of drug-likeness (QED) is 0.441. The van der Waals surface area contributed by atoms with E-state index in [1.54, 1.807) is 41.3 Å². The van der Waals surface area contributed by atoms with Crippen molar-refractivity contribution in [2.24, 2.45) is 0 Å². The number of carbonyl (C=O) groups is 2. The average Bonchev–Trinajstić information content (AvgIpc) is 3.13. The third-order valence-corrected chi connectivity index (χ3v) is 5.81. The van der Waals surface area contributed by atoms with Gasteiger partial charge in [-0.2, -0.15) is 0 Å². The Kier molecular flexibility index (Phi) is 7.67. The van der Waals surface area contributed by atoms with Crippen LogP contribution in [0.3, 0.4) is 0 Å². The largest absolute Gasteiger partial charge is 0.463 e. The molecule has 0 bridgehead atoms. The number of ketones is 1. The molecule has 0 spiro atoms. The average molecular weight is 494 g/mol. The van der Waals surface area contributed by atoms with E-state index in [1.807, 2.05) is 19.0 Å². The van der Waals surface area contributed by atoms with E-state index >= 15 is 0 Å². The first kappa shape index (κ1) is 24.3. The Hall–Kier alpha value is -2.31. The summed E-state index contributed by atoms with van der Waals surface area (Å²) >= 11 is 12.1. The molecule has 1 aliphatic heterocycles. The van der Waals surface area contributed by atoms with E-state index in [2.05, 4.69) is 6.07 Å². The topological polar surface area (TPSA) is 53.8 Å². The van der Waals surface area contributed by atoms with Crippen LogP contribution in [-0.4, -0.2) is 42.1 Å². The number of hydrogen-bond acceptors (Lipinski definition) is 4. The molecule has 2 heterocycles. The van der Waals surface area contributed by atoms with Crippen molar-refractivity contribution in [3.63, 3.8) is 0 Å². The third kappa shape index (κ3) is 5.18. The second-order valence-electron chi connectivity index (χ2n) is 7.91. The van der Waals surface area contributed by atoms with Gasteiger partial charge < -0.3 is 14.2 Å². The molecule has 3 aromatic rings. The Bertz CT molecular complexity index is 1140. The van der Waals surface area contributed by atoms with Gasteiger partial charge in [-0.3, -0.25) is 9.59 Å². The Labute approximate surface area is 203 Å². The predicted molar refractivity (Wildman–Crippen MR) is 128 cm³/mol. The zero-order chi connectivity index (χ0) is 22.1. The van der Waals surface area contributed by atoms with E-state index < -0.39 is 0 Å². The normalized spacial score (nSPS) is 13.0. The summed E-state index contributed by atoms with van der Waals surface area (Å²) in [4.78, 5) is 29.6. The zero-order valence-corrected chi connectivity index (χ0v) is 20.1. The fourth-order valence-corrected chi connectivity index (χ4v) is 4.21. The second-order valence-corrected chi connectivity index (χ2v) is 8.75. The number of carbonyl (C=O) groups excluding carboxylic acids is 2. The maximum absolute atomic E-state index is 13.0. The Morgan fingerprint density at radius 3 is 2.38 bits per heavy atom. The summed E-state index contributed by atoms with van der Waals surface area (Å²) < 4.78 is 5.95. The highest BCUT2D eigenvalue weighted by molar-refractivity contribution is 6.37. The van der Waals surface area contributed by atoms with Crippen LogP contribution in [0.1, 0.15) is 43.4 Å². The van der Waals surface area contributed by atoms with Crippen molar-refractivity contribution in [2.45, 2.75) is 19.5 Å². The minimum absolute atomic E-state index is 0. The molecule has 5 nitrogen and oxygen atoms in total. The van der Waals surface area contributed by atoms with E-state index in [0.717, 1.165) is 24.5 Å². The summed E-state index contributed by atoms with van der Waals surface area (Å²) in [7, 11) is 3.99. The maximum Gasteiger partial charge on any atom is 0.254 e. The van der Waals surface area contributed by atoms with Gasteiger partial charge in [-0.15, -0.1) is 12.4 Å². The smallest absolute Gasteiger partial charge is 0.254 e. The molecule has 0 aliphatic carbocycles. The molecule has 0 saturated carbocycles. The first-order valence-electron chi connectivity index (χ1n) is 9.96. The van der Waals surface area contributed by atoms with Crippen LogP contribution < -0.4 is 0 Å². The number of nitrogens with zero attached hydrogens (tertiary/aromatic N) is 2. The second kappa shape index (κ2) is 10.1. The van der Waals surface area contributed by atoms with Gasteiger partial charge in [0.15, 0.2) is 5.78 Å². The van der Waals surface area contributed by atoms with Crippen molar-refractivity contribution >= 4 is 47.3 Å². The molecule has 168 valence electrons. The van der Waals surface area contributed by atoms with Crippen LogP contribution in [0, 0.1) is 0 Å². The molecular weight excluding hydrogens is 471 g/mol. The summed E-state index contributed by atoms with van der Waals surface area (Å²) in [5.74, 6) is 1.46. The van der Waals surface area contributed by atoms with Crippen LogP contribution in [0.4, 0.5) is 0 Å². The highest BCUT2D eigenvalue weighted by Gasteiger charge is 2.25. The van der Waals surface area contributed by atoms with E-state index in [0.29, 0.717) is 39.8 Å². The number of rotatable bonds is 5. The number of amides is 1. The molecule has 0 N–H and O–H groups in total. The molecule has 32 heavy (non-hydrogen) atoms. The van der Waals surface area contributed by atoms with Gasteiger partial charge in [0.2, 0.25) is 0 Å². The van der Waals surface area contributed by atoms with E-state index in [-0.39, 0.29) is 24.1 Å². The van der Waals surface area contributed by atoms with Gasteiger partial charge in [-0.05, 0) is 62.5 Å². The van der Waals surface area contributed by atoms with Crippen LogP contribution in [-0.2, 0) is 19.5 Å². The number of fused-ring (bicyclic) bond motifs is 1. The first-order valence-corrected chi connectivity index (χ1v) is 10.7. The van der Waals surface area contributed by atoms with Gasteiger partial charge in [0.1, 0.15) is 11.5 Å². The molecule has 0 fully saturated rings. The standard InChI is InChI=1S/C24H22Cl2N2O3.ClH/c1-27(2)13-19-11-17-9-10-28(14-22(17)31-19)24(30)16-5-3-15(4-6-16)23(29)20-8-7-18(25)12-21(20)26;/h3-8,11-12H,9-10,13-14H2,1-2H3;1H. The van der Waals surface area contributed by atoms with Gasteiger partial charge in [0, 0.05) is 28.3 Å². The van der Waals surface area contributed by atoms with Crippen LogP contribution in [0.2, 0.25) is 10.0 Å². The molecule has 0 radical (unpaired) electrons. The zero-order valence-electron chi connectivity index (χ0n) is 17.7. The van der Waals surface area contributed by atoms with Gasteiger partial charge >= 0.3 is 0 Å². The SMILES string of the molecule is CN(C)Cc1cc2c(o1)CN(C(=O)c1ccc(C(=O)c3ccc(Cl)cc3Cl)cc1)CC2.Cl. The molecule has 2 aromatic carbocycles. The van der Waals surface area contributed by atoms with Gasteiger partial charge in [-0.25, -0.2) is 0 Å². The lowest BCUT2D eigenvalue weighted by Gasteiger charge is -2.26. The van der Waals surface area contributed by atoms with Gasteiger partial charge in [-0.1, -0.05) is 35.3 Å². The van der Waals surface area contributed by atoms with E-state index in [1.165, 1.54) is 11.6 Å². The van der Waals surface area contributed by atoms with Crippen molar-refractivity contribution in [3.8, 4) is 0 Å². The predicted octanol–water partition coefficient (Wildman–Crippen LogP) is 5.50. The lowest BCUT2D eigenvalue weighted by Crippen LogP contribution is -2.35. The number of hydrogen-bond donors (Lipinski definition) is 0. The van der Waals surface area contributed by atoms with Crippen molar-refractivity contribution in [3.05, 3.63) is 92.4 Å². The molecular formula is C24H23Cl3N2O3. The van der Waals surface area contributed by atoms with Crippen molar-refractivity contribution in [1.82, 2.24) is 9.80 Å². The Morgan fingerprint density at radius 1 is 1.03 bits per heavy atom. The summed E-state index contributed by atoms with van der Waals surface area (Å²) in [6.07, 6.45) is 0.767. The summed E-state index contributed by atoms with van der Waals surface area (Å²) in [6.45, 7) is 1.81. The lowest BCUT2D eigenvalue weighted by atomic mass is 10.0. The number of halogens is 3. The maximum atomic E-state index is 13.0. The fourth-order valence-electron chi connectivity index (χ4n) is 3.72. The van der Waals surface area contributed by atoms with Gasteiger partial charge in [0.05, 0.1) is 18.1 Å². The van der Waals surface area contributed by atoms with Crippen molar-refractivity contribution < 1.29 is 14.0 Å². The van der Waals surface area contributed by atoms with Crippen molar-refractivity contribution in [1.29, 1.82) is 0 Å². The number of benzene rings is 2. The molecule has 0 unspecified atom stereocenters. The molecule has 0 atom stereocenters. The molecule has 1 aromatic heterocycles. The summed E-state index contributed by atoms with van der Waals surface area (Å²) in [5, 5.41) is 0.770. The molecule has 1 amide bonds. The first-order chi connectivity index (χ1) is 14.8. The molecule has 8 heteroatoms. The van der Waals surface area contributed by atoms with E-state index in [4.69, 9.17) is 27.6 Å². The van der Waals surface area contributed by atoms with Crippen LogP contribution >= 0.6 is 35.6 Å². The van der Waals surface area contributed by atoms with Crippen LogP contribution in [0.25, 0.3) is 0 Å². The highest BCUT2D eigenvalue weighted by atomic mass is 35.5. The molecule has 4 rings (SSSR count). The monoisotopic (exact) mass is 492 g/mol. The Morgan fingerprint density at radius 2 is 1.72 bits per heavy atom. The van der Waals surface area contributed by atoms with Crippen LogP contribution in [0.5, 0.6) is 0 Å². The summed E-state index contributed by atoms with van der Waals surface area (Å²) in [6, 6.07) is 13.5. The minimum Gasteiger partial charge on any atom is -0.463 e. The lowest BCUT2D eigenvalue weighted by molar-refractivity contribution is 0.0718. The van der Waals surface area contributed by atoms with Crippen LogP contribution in [0.15, 0.2) is 52.9 Å². The third-order valence-electron chi connectivity index (χ3n) is 5.26. The van der Waals surface area contributed by atoms with Crippen molar-refractivity contribution in [2.75, 3.05) is 20.6 Å². The minimum atomic E-state index is -0.215. The highest BCUT2D eigenvalue weighted by Crippen LogP contribution is 2.26. The summed E-state index contributed by atoms with van der Waals surface area (Å²) in [5.41, 5.74) is 2.53.